The number of rotatable bonds is 8. The van der Waals surface area contributed by atoms with Crippen molar-refractivity contribution >= 4 is 11.0 Å². The molecule has 0 amide bonds. The van der Waals surface area contributed by atoms with Gasteiger partial charge in [0.2, 0.25) is 0 Å². The number of para-hydroxylation sites is 2. The molecule has 26 heavy (non-hydrogen) atoms. The van der Waals surface area contributed by atoms with Crippen LogP contribution in [0.1, 0.15) is 63.8 Å². The van der Waals surface area contributed by atoms with Gasteiger partial charge in [0, 0.05) is 12.5 Å². The second-order valence-corrected chi connectivity index (χ2v) is 7.54. The van der Waals surface area contributed by atoms with Crippen LogP contribution in [0.4, 0.5) is 0 Å². The van der Waals surface area contributed by atoms with E-state index in [1.54, 1.807) is 0 Å². The first-order valence-corrected chi connectivity index (χ1v) is 9.74. The Bertz CT molecular complexity index is 831. The Morgan fingerprint density at radius 1 is 0.885 bits per heavy atom. The SMILES string of the molecule is CC(C)c1ccc(OCCCCn2c(C(C)C)nc3ccccc32)cc1. The Balaban J connectivity index is 1.54. The maximum Gasteiger partial charge on any atom is 0.119 e. The molecule has 0 aliphatic carbocycles. The van der Waals surface area contributed by atoms with Crippen molar-refractivity contribution in [1.29, 1.82) is 0 Å². The summed E-state index contributed by atoms with van der Waals surface area (Å²) < 4.78 is 8.27. The van der Waals surface area contributed by atoms with Gasteiger partial charge in [0.15, 0.2) is 0 Å². The Labute approximate surface area is 157 Å². The summed E-state index contributed by atoms with van der Waals surface area (Å²) in [5, 5.41) is 0. The van der Waals surface area contributed by atoms with Gasteiger partial charge in [-0.3, -0.25) is 0 Å². The largest absolute Gasteiger partial charge is 0.494 e. The zero-order valence-electron chi connectivity index (χ0n) is 16.4. The quantitative estimate of drug-likeness (QED) is 0.456. The van der Waals surface area contributed by atoms with Crippen LogP contribution >= 0.6 is 0 Å². The van der Waals surface area contributed by atoms with Crippen molar-refractivity contribution in [2.45, 2.75) is 58.9 Å². The van der Waals surface area contributed by atoms with Crippen LogP contribution in [0, 0.1) is 0 Å². The molecule has 0 radical (unpaired) electrons. The highest BCUT2D eigenvalue weighted by atomic mass is 16.5. The van der Waals surface area contributed by atoms with Crippen LogP contribution in [0.5, 0.6) is 5.75 Å². The van der Waals surface area contributed by atoms with E-state index in [1.165, 1.54) is 16.9 Å². The average Bonchev–Trinajstić information content (AvgIpc) is 3.01. The third-order valence-corrected chi connectivity index (χ3v) is 4.79. The zero-order valence-corrected chi connectivity index (χ0v) is 16.4. The van der Waals surface area contributed by atoms with Gasteiger partial charge in [0.05, 0.1) is 17.6 Å². The topological polar surface area (TPSA) is 27.1 Å². The van der Waals surface area contributed by atoms with Gasteiger partial charge in [0.25, 0.3) is 0 Å². The van der Waals surface area contributed by atoms with E-state index in [9.17, 15) is 0 Å². The highest BCUT2D eigenvalue weighted by Gasteiger charge is 2.12. The average molecular weight is 351 g/mol. The number of aromatic nitrogens is 2. The summed E-state index contributed by atoms with van der Waals surface area (Å²) in [6.07, 6.45) is 2.13. The summed E-state index contributed by atoms with van der Waals surface area (Å²) in [6, 6.07) is 16.9. The lowest BCUT2D eigenvalue weighted by Gasteiger charge is -2.12. The highest BCUT2D eigenvalue weighted by molar-refractivity contribution is 5.76. The first-order chi connectivity index (χ1) is 12.6. The van der Waals surface area contributed by atoms with Crippen LogP contribution in [0.3, 0.4) is 0 Å². The van der Waals surface area contributed by atoms with Crippen molar-refractivity contribution in [3.05, 3.63) is 59.9 Å². The number of unbranched alkanes of at least 4 members (excludes halogenated alkanes) is 1. The van der Waals surface area contributed by atoms with Crippen LogP contribution in [0.15, 0.2) is 48.5 Å². The number of fused-ring (bicyclic) bond motifs is 1. The fourth-order valence-electron chi connectivity index (χ4n) is 3.28. The predicted octanol–water partition coefficient (Wildman–Crippen LogP) is 6.14. The second-order valence-electron chi connectivity index (χ2n) is 7.54. The lowest BCUT2D eigenvalue weighted by atomic mass is 10.0. The van der Waals surface area contributed by atoms with Crippen LogP contribution in [-0.2, 0) is 6.54 Å². The molecule has 0 saturated heterocycles. The van der Waals surface area contributed by atoms with Gasteiger partial charge in [-0.25, -0.2) is 4.98 Å². The first-order valence-electron chi connectivity index (χ1n) is 9.74. The van der Waals surface area contributed by atoms with Gasteiger partial charge in [0.1, 0.15) is 11.6 Å². The van der Waals surface area contributed by atoms with E-state index in [0.29, 0.717) is 11.8 Å². The predicted molar refractivity (Wildman–Crippen MR) is 109 cm³/mol. The van der Waals surface area contributed by atoms with Crippen molar-refractivity contribution in [3.8, 4) is 5.75 Å². The molecule has 3 heteroatoms. The lowest BCUT2D eigenvalue weighted by Crippen LogP contribution is -2.07. The van der Waals surface area contributed by atoms with Gasteiger partial charge in [-0.1, -0.05) is 52.0 Å². The van der Waals surface area contributed by atoms with E-state index in [2.05, 4.69) is 80.8 Å². The normalized spacial score (nSPS) is 11.6. The molecule has 1 heterocycles. The summed E-state index contributed by atoms with van der Waals surface area (Å²) in [6.45, 7) is 10.6. The van der Waals surface area contributed by atoms with Crippen LogP contribution in [0.25, 0.3) is 11.0 Å². The fourth-order valence-corrected chi connectivity index (χ4v) is 3.28. The maximum absolute atomic E-state index is 5.90. The van der Waals surface area contributed by atoms with Crippen LogP contribution < -0.4 is 4.74 Å². The monoisotopic (exact) mass is 350 g/mol. The van der Waals surface area contributed by atoms with Crippen molar-refractivity contribution < 1.29 is 4.74 Å². The molecule has 3 rings (SSSR count). The minimum absolute atomic E-state index is 0.429. The Kier molecular flexibility index (Phi) is 5.97. The molecule has 3 nitrogen and oxygen atoms in total. The Morgan fingerprint density at radius 3 is 2.31 bits per heavy atom. The van der Waals surface area contributed by atoms with Crippen molar-refractivity contribution in [2.24, 2.45) is 0 Å². The molecule has 1 aromatic heterocycles. The summed E-state index contributed by atoms with van der Waals surface area (Å²) in [4.78, 5) is 4.81. The third kappa shape index (κ3) is 4.27. The van der Waals surface area contributed by atoms with E-state index >= 15 is 0 Å². The molecule has 0 aliphatic rings. The molecule has 0 saturated carbocycles. The molecule has 0 spiro atoms. The summed E-state index contributed by atoms with van der Waals surface area (Å²) in [5.74, 6) is 3.13. The minimum atomic E-state index is 0.429. The zero-order chi connectivity index (χ0) is 18.5. The number of imidazole rings is 1. The first kappa shape index (κ1) is 18.5. The molecule has 0 N–H and O–H groups in total. The molecule has 2 aromatic carbocycles. The summed E-state index contributed by atoms with van der Waals surface area (Å²) in [7, 11) is 0. The number of ether oxygens (including phenoxy) is 1. The molecule has 0 aliphatic heterocycles. The van der Waals surface area contributed by atoms with Crippen molar-refractivity contribution in [3.63, 3.8) is 0 Å². The number of nitrogens with zero attached hydrogens (tertiary/aromatic N) is 2. The van der Waals surface area contributed by atoms with Crippen molar-refractivity contribution in [2.75, 3.05) is 6.61 Å². The lowest BCUT2D eigenvalue weighted by molar-refractivity contribution is 0.303. The molecule has 0 unspecified atom stereocenters. The van der Waals surface area contributed by atoms with E-state index in [1.807, 2.05) is 0 Å². The van der Waals surface area contributed by atoms with E-state index in [4.69, 9.17) is 9.72 Å². The smallest absolute Gasteiger partial charge is 0.119 e. The second kappa shape index (κ2) is 8.39. The number of hydrogen-bond donors (Lipinski definition) is 0. The fraction of sp³-hybridized carbons (Fsp3) is 0.435. The van der Waals surface area contributed by atoms with Crippen molar-refractivity contribution in [1.82, 2.24) is 9.55 Å². The number of benzene rings is 2. The molecule has 0 fully saturated rings. The van der Waals surface area contributed by atoms with E-state index < -0.39 is 0 Å². The Morgan fingerprint density at radius 2 is 1.62 bits per heavy atom. The number of aryl methyl sites for hydroxylation is 1. The van der Waals surface area contributed by atoms with Gasteiger partial charge < -0.3 is 9.30 Å². The minimum Gasteiger partial charge on any atom is -0.494 e. The van der Waals surface area contributed by atoms with Gasteiger partial charge in [-0.2, -0.15) is 0 Å². The van der Waals surface area contributed by atoms with Gasteiger partial charge >= 0.3 is 0 Å². The third-order valence-electron chi connectivity index (χ3n) is 4.79. The maximum atomic E-state index is 5.90. The highest BCUT2D eigenvalue weighted by Crippen LogP contribution is 2.22. The van der Waals surface area contributed by atoms with Gasteiger partial charge in [-0.05, 0) is 48.6 Å². The molecular weight excluding hydrogens is 320 g/mol. The summed E-state index contributed by atoms with van der Waals surface area (Å²) in [5.41, 5.74) is 3.68. The summed E-state index contributed by atoms with van der Waals surface area (Å²) >= 11 is 0. The Hall–Kier alpha value is -2.29. The number of hydrogen-bond acceptors (Lipinski definition) is 2. The molecule has 0 bridgehead atoms. The molecular formula is C23H30N2O. The molecule has 3 aromatic rings. The van der Waals surface area contributed by atoms with Crippen LogP contribution in [-0.4, -0.2) is 16.2 Å². The molecule has 0 atom stereocenters. The standard InChI is InChI=1S/C23H30N2O/c1-17(2)19-11-13-20(14-12-19)26-16-8-7-15-25-22-10-6-5-9-21(22)24-23(25)18(3)4/h5-6,9-14,17-18H,7-8,15-16H2,1-4H3. The van der Waals surface area contributed by atoms with Crippen LogP contribution in [0.2, 0.25) is 0 Å². The molecule has 138 valence electrons. The van der Waals surface area contributed by atoms with Gasteiger partial charge in [-0.15, -0.1) is 0 Å². The van der Waals surface area contributed by atoms with E-state index in [-0.39, 0.29) is 0 Å². The van der Waals surface area contributed by atoms with E-state index in [0.717, 1.165) is 37.3 Å².